The maximum atomic E-state index is 12.0. The second-order valence-electron chi connectivity index (χ2n) is 8.14. The molecule has 4 fully saturated rings. The van der Waals surface area contributed by atoms with Gasteiger partial charge in [-0.05, 0) is 72.9 Å². The maximum Gasteiger partial charge on any atom is 0 e. The van der Waals surface area contributed by atoms with E-state index in [4.69, 9.17) is 4.55 Å². The van der Waals surface area contributed by atoms with Crippen molar-refractivity contribution in [2.24, 2.45) is 16.7 Å². The summed E-state index contributed by atoms with van der Waals surface area (Å²) >= 11 is 4.15. The second kappa shape index (κ2) is 15.3. The fourth-order valence-electron chi connectivity index (χ4n) is 4.37. The first-order valence-corrected chi connectivity index (χ1v) is 13.1. The molecule has 0 aromatic rings. The maximum absolute atomic E-state index is 12.0. The Bertz CT molecular complexity index is 556. The summed E-state index contributed by atoms with van der Waals surface area (Å²) < 4.78 is 31.5. The first-order chi connectivity index (χ1) is 11.6. The molecular formula is C18H34K2O4PdS3. The van der Waals surface area contributed by atoms with Gasteiger partial charge in [-0.25, -0.2) is 0 Å². The molecule has 2 bridgehead atoms. The molecule has 4 nitrogen and oxygen atoms in total. The van der Waals surface area contributed by atoms with E-state index >= 15 is 0 Å². The molecule has 2 aliphatic heterocycles. The minimum absolute atomic E-state index is 0. The van der Waals surface area contributed by atoms with Crippen molar-refractivity contribution < 1.29 is 38.2 Å². The third kappa shape index (κ3) is 8.46. The van der Waals surface area contributed by atoms with Crippen molar-refractivity contribution in [2.45, 2.75) is 64.5 Å². The van der Waals surface area contributed by atoms with Gasteiger partial charge in [0.05, 0.1) is 0 Å². The van der Waals surface area contributed by atoms with Gasteiger partial charge in [-0.1, -0.05) is 20.8 Å². The molecule has 2 saturated heterocycles. The molecule has 3 unspecified atom stereocenters. The Hall–Kier alpha value is 4.22. The number of hydrogen-bond acceptors (Lipinski definition) is 5. The standard InChI is InChI=1S/C10H16O4S.2C4H8S.2K.Pd.2H/c1-9(2)6-4-5-10(9,3)8(11)7(6)15(12,13)14;2*1-2-4-5-3-1;;;;;/h6-7H,4-5H2,1-3H3,(H,12,13,14);2*1-4H2;;;;;. The summed E-state index contributed by atoms with van der Waals surface area (Å²) in [4.78, 5) is 12.0. The van der Waals surface area contributed by atoms with Crippen LogP contribution in [0.2, 0.25) is 0 Å². The van der Waals surface area contributed by atoms with E-state index in [0.717, 1.165) is 6.42 Å². The third-order valence-corrected chi connectivity index (χ3v) is 9.94. The Morgan fingerprint density at radius 2 is 1.32 bits per heavy atom. The quantitative estimate of drug-likeness (QED) is 0.372. The largest absolute Gasteiger partial charge is 0 e. The molecule has 2 aliphatic carbocycles. The van der Waals surface area contributed by atoms with E-state index in [1.807, 2.05) is 20.8 Å². The Labute approximate surface area is 279 Å². The van der Waals surface area contributed by atoms with Crippen LogP contribution in [0.5, 0.6) is 0 Å². The zero-order valence-corrected chi connectivity index (χ0v) is 19.9. The van der Waals surface area contributed by atoms with Gasteiger partial charge in [0.15, 0.2) is 5.78 Å². The Morgan fingerprint density at radius 1 is 0.929 bits per heavy atom. The van der Waals surface area contributed by atoms with E-state index < -0.39 is 20.8 Å². The first kappa shape index (κ1) is 34.4. The molecule has 1 N–H and O–H groups in total. The zero-order chi connectivity index (χ0) is 18.7. The summed E-state index contributed by atoms with van der Waals surface area (Å²) in [5.41, 5.74) is -0.914. The first-order valence-electron chi connectivity index (χ1n) is 9.28. The molecule has 0 amide bonds. The number of rotatable bonds is 1. The molecule has 4 rings (SSSR count). The molecule has 4 aliphatic rings. The van der Waals surface area contributed by atoms with Crippen LogP contribution in [0.1, 0.15) is 59.3 Å². The molecule has 160 valence electrons. The van der Waals surface area contributed by atoms with Crippen molar-refractivity contribution in [3.05, 3.63) is 0 Å². The predicted octanol–water partition coefficient (Wildman–Crippen LogP) is 3.00. The van der Waals surface area contributed by atoms with E-state index in [0.29, 0.717) is 6.42 Å². The molecule has 0 spiro atoms. The van der Waals surface area contributed by atoms with Crippen molar-refractivity contribution in [1.82, 2.24) is 0 Å². The summed E-state index contributed by atoms with van der Waals surface area (Å²) in [5.74, 6) is 5.14. The third-order valence-electron chi connectivity index (χ3n) is 6.45. The van der Waals surface area contributed by atoms with E-state index in [1.54, 1.807) is 0 Å². The van der Waals surface area contributed by atoms with Crippen LogP contribution >= 0.6 is 23.5 Å². The minimum Gasteiger partial charge on any atom is 0 e. The number of hydrogen-bond donors (Lipinski definition) is 1. The van der Waals surface area contributed by atoms with Crippen LogP contribution in [0.25, 0.3) is 0 Å². The molecule has 0 radical (unpaired) electrons. The number of fused-ring (bicyclic) bond motifs is 2. The molecule has 2 heterocycles. The van der Waals surface area contributed by atoms with Crippen molar-refractivity contribution in [1.29, 1.82) is 0 Å². The average Bonchev–Trinajstić information content (AvgIpc) is 3.29. The van der Waals surface area contributed by atoms with E-state index in [1.165, 1.54) is 48.7 Å². The fourth-order valence-corrected chi connectivity index (χ4v) is 7.83. The Morgan fingerprint density at radius 3 is 1.50 bits per heavy atom. The Balaban J connectivity index is 0. The van der Waals surface area contributed by atoms with Gasteiger partial charge in [-0.15, -0.1) is 0 Å². The smallest absolute Gasteiger partial charge is 0 e. The van der Waals surface area contributed by atoms with Crippen LogP contribution in [0, 0.1) is 16.7 Å². The van der Waals surface area contributed by atoms with Crippen LogP contribution in [-0.4, -0.2) is 150 Å². The fraction of sp³-hybridized carbons (Fsp3) is 0.944. The number of ketones is 1. The normalized spacial score (nSPS) is 31.9. The molecule has 3 atom stereocenters. The van der Waals surface area contributed by atoms with Gasteiger partial charge in [0, 0.05) is 25.8 Å². The summed E-state index contributed by atoms with van der Waals surface area (Å²) in [6, 6.07) is 0. The predicted molar refractivity (Wildman–Crippen MR) is 122 cm³/mol. The number of carbonyl (C=O) groups is 1. The van der Waals surface area contributed by atoms with E-state index in [2.05, 4.69) is 23.5 Å². The molecule has 0 aromatic carbocycles. The topological polar surface area (TPSA) is 71.4 Å². The molecule has 10 heteroatoms. The van der Waals surface area contributed by atoms with Gasteiger partial charge in [0.25, 0.3) is 10.1 Å². The molecule has 28 heavy (non-hydrogen) atoms. The molecule has 2 saturated carbocycles. The van der Waals surface area contributed by atoms with E-state index in [9.17, 15) is 13.2 Å². The SMILES string of the molecule is C1CCSC1.C1CCSC1.CC12CCC(C(S(=O)(=O)O)C1=O)C2(C)C.[KH].[KH].[Pd]. The average molecular weight is 595 g/mol. The van der Waals surface area contributed by atoms with Gasteiger partial charge in [-0.2, -0.15) is 31.9 Å². The number of carbonyl (C=O) groups excluding carboxylic acids is 1. The van der Waals surface area contributed by atoms with Gasteiger partial charge >= 0.3 is 103 Å². The summed E-state index contributed by atoms with van der Waals surface area (Å²) in [7, 11) is -4.24. The van der Waals surface area contributed by atoms with Gasteiger partial charge in [0.1, 0.15) is 5.25 Å². The number of Topliss-reactive ketones (excluding diaryl/α,β-unsaturated/α-hetero) is 1. The van der Waals surface area contributed by atoms with Crippen LogP contribution in [0.3, 0.4) is 0 Å². The second-order valence-corrected chi connectivity index (χ2v) is 12.1. The van der Waals surface area contributed by atoms with Crippen LogP contribution < -0.4 is 0 Å². The van der Waals surface area contributed by atoms with Gasteiger partial charge in [0.2, 0.25) is 0 Å². The van der Waals surface area contributed by atoms with Crippen LogP contribution in [-0.2, 0) is 35.3 Å². The zero-order valence-electron chi connectivity index (χ0n) is 15.9. The Kier molecular flexibility index (Phi) is 18.7. The van der Waals surface area contributed by atoms with E-state index in [-0.39, 0.29) is 140 Å². The van der Waals surface area contributed by atoms with Gasteiger partial charge in [-0.3, -0.25) is 9.35 Å². The minimum atomic E-state index is -4.24. The summed E-state index contributed by atoms with van der Waals surface area (Å²) in [6.45, 7) is 5.67. The summed E-state index contributed by atoms with van der Waals surface area (Å²) in [6.07, 6.45) is 7.29. The van der Waals surface area contributed by atoms with Gasteiger partial charge < -0.3 is 0 Å². The van der Waals surface area contributed by atoms with Crippen LogP contribution in [0.15, 0.2) is 0 Å². The monoisotopic (exact) mass is 594 g/mol. The van der Waals surface area contributed by atoms with Crippen LogP contribution in [0.4, 0.5) is 0 Å². The molecule has 0 aromatic heterocycles. The molecular weight excluding hydrogens is 561 g/mol. The summed E-state index contributed by atoms with van der Waals surface area (Å²) in [5, 5.41) is -1.19. The van der Waals surface area contributed by atoms with Crippen molar-refractivity contribution in [2.75, 3.05) is 23.0 Å². The number of thioether (sulfide) groups is 2. The van der Waals surface area contributed by atoms with Crippen molar-refractivity contribution in [3.63, 3.8) is 0 Å². The van der Waals surface area contributed by atoms with Crippen molar-refractivity contribution in [3.8, 4) is 0 Å². The van der Waals surface area contributed by atoms with Crippen molar-refractivity contribution >= 4 is 142 Å².